The maximum atomic E-state index is 10.6. The largest absolute Gasteiger partial charge is 0.493 e. The Hall–Kier alpha value is -1.56. The predicted molar refractivity (Wildman–Crippen MR) is 80.6 cm³/mol. The van der Waals surface area contributed by atoms with Crippen molar-refractivity contribution in [2.45, 2.75) is 12.0 Å². The van der Waals surface area contributed by atoms with Crippen LogP contribution in [0.25, 0.3) is 0 Å². The summed E-state index contributed by atoms with van der Waals surface area (Å²) >= 11 is 1.60. The first-order chi connectivity index (χ1) is 9.71. The number of rotatable bonds is 6. The highest BCUT2D eigenvalue weighted by atomic mass is 32.1. The van der Waals surface area contributed by atoms with Gasteiger partial charge in [0, 0.05) is 17.3 Å². The number of nitrogens with two attached hydrogens (primary N) is 1. The summed E-state index contributed by atoms with van der Waals surface area (Å²) in [6, 6.07) is 9.37. The van der Waals surface area contributed by atoms with Gasteiger partial charge < -0.3 is 20.3 Å². The van der Waals surface area contributed by atoms with E-state index in [1.165, 1.54) is 0 Å². The highest BCUT2D eigenvalue weighted by Crippen LogP contribution is 2.36. The number of benzene rings is 1. The minimum absolute atomic E-state index is 0.117. The molecule has 1 aromatic heterocycles. The van der Waals surface area contributed by atoms with E-state index in [1.807, 2.05) is 23.6 Å². The fraction of sp³-hybridized carbons (Fsp3) is 0.333. The maximum absolute atomic E-state index is 10.6. The van der Waals surface area contributed by atoms with Crippen molar-refractivity contribution < 1.29 is 14.6 Å². The van der Waals surface area contributed by atoms with E-state index in [4.69, 9.17) is 15.2 Å². The predicted octanol–water partition coefficient (Wildman–Crippen LogP) is 2.54. The van der Waals surface area contributed by atoms with E-state index in [0.717, 1.165) is 10.4 Å². The van der Waals surface area contributed by atoms with Gasteiger partial charge in [0.25, 0.3) is 0 Å². The summed E-state index contributed by atoms with van der Waals surface area (Å²) in [6.45, 7) is 0.385. The zero-order chi connectivity index (χ0) is 14.5. The van der Waals surface area contributed by atoms with Gasteiger partial charge in [0.1, 0.15) is 0 Å². The van der Waals surface area contributed by atoms with E-state index >= 15 is 0 Å². The second-order valence-corrected chi connectivity index (χ2v) is 5.40. The Morgan fingerprint density at radius 1 is 1.20 bits per heavy atom. The van der Waals surface area contributed by atoms with Crippen LogP contribution < -0.4 is 15.2 Å². The van der Waals surface area contributed by atoms with Gasteiger partial charge in [-0.05, 0) is 29.1 Å². The van der Waals surface area contributed by atoms with E-state index in [9.17, 15) is 5.11 Å². The van der Waals surface area contributed by atoms with Gasteiger partial charge in [-0.25, -0.2) is 0 Å². The Morgan fingerprint density at radius 2 is 1.95 bits per heavy atom. The molecule has 0 aliphatic heterocycles. The fourth-order valence-corrected chi connectivity index (χ4v) is 3.04. The van der Waals surface area contributed by atoms with E-state index < -0.39 is 6.10 Å². The summed E-state index contributed by atoms with van der Waals surface area (Å²) in [5, 5.41) is 12.6. The van der Waals surface area contributed by atoms with Crippen LogP contribution in [0.4, 0.5) is 0 Å². The van der Waals surface area contributed by atoms with E-state index in [2.05, 4.69) is 0 Å². The smallest absolute Gasteiger partial charge is 0.161 e. The highest BCUT2D eigenvalue weighted by molar-refractivity contribution is 7.10. The highest BCUT2D eigenvalue weighted by Gasteiger charge is 2.23. The van der Waals surface area contributed by atoms with Crippen LogP contribution in [0, 0.1) is 0 Å². The molecule has 0 aliphatic carbocycles. The van der Waals surface area contributed by atoms with Crippen LogP contribution in [-0.2, 0) is 0 Å². The Bertz CT molecular complexity index is 542. The summed E-state index contributed by atoms with van der Waals surface area (Å²) in [6.07, 6.45) is -0.668. The van der Waals surface area contributed by atoms with E-state index in [1.54, 1.807) is 37.7 Å². The van der Waals surface area contributed by atoms with Crippen molar-refractivity contribution in [2.75, 3.05) is 20.8 Å². The number of ether oxygens (including phenoxy) is 2. The Balaban J connectivity index is 2.30. The van der Waals surface area contributed by atoms with Crippen molar-refractivity contribution in [1.82, 2.24) is 0 Å². The molecule has 3 N–H and O–H groups in total. The third kappa shape index (κ3) is 2.95. The Morgan fingerprint density at radius 3 is 2.50 bits per heavy atom. The first kappa shape index (κ1) is 14.8. The van der Waals surface area contributed by atoms with E-state index in [-0.39, 0.29) is 5.92 Å². The molecule has 2 atom stereocenters. The molecule has 1 heterocycles. The normalized spacial score (nSPS) is 13.8. The first-order valence-corrected chi connectivity index (χ1v) is 7.22. The van der Waals surface area contributed by atoms with Crippen molar-refractivity contribution in [3.8, 4) is 11.5 Å². The van der Waals surface area contributed by atoms with Gasteiger partial charge >= 0.3 is 0 Å². The van der Waals surface area contributed by atoms with Crippen molar-refractivity contribution in [3.05, 3.63) is 46.2 Å². The van der Waals surface area contributed by atoms with Gasteiger partial charge in [-0.2, -0.15) is 0 Å². The summed E-state index contributed by atoms with van der Waals surface area (Å²) in [4.78, 5) is 1.08. The third-order valence-electron chi connectivity index (χ3n) is 3.29. The molecule has 5 heteroatoms. The maximum Gasteiger partial charge on any atom is 0.161 e. The summed E-state index contributed by atoms with van der Waals surface area (Å²) in [7, 11) is 3.16. The zero-order valence-corrected chi connectivity index (χ0v) is 12.4. The number of aliphatic hydroxyl groups excluding tert-OH is 1. The van der Waals surface area contributed by atoms with Gasteiger partial charge in [0.2, 0.25) is 0 Å². The van der Waals surface area contributed by atoms with Crippen molar-refractivity contribution in [2.24, 2.45) is 5.73 Å². The van der Waals surface area contributed by atoms with Gasteiger partial charge in [-0.1, -0.05) is 12.1 Å². The van der Waals surface area contributed by atoms with Gasteiger partial charge in [-0.3, -0.25) is 0 Å². The molecule has 20 heavy (non-hydrogen) atoms. The minimum Gasteiger partial charge on any atom is -0.493 e. The molecule has 4 nitrogen and oxygen atoms in total. The average Bonchev–Trinajstić information content (AvgIpc) is 3.01. The number of aliphatic hydroxyl groups is 1. The van der Waals surface area contributed by atoms with Crippen molar-refractivity contribution >= 4 is 11.3 Å². The molecule has 0 saturated heterocycles. The van der Waals surface area contributed by atoms with Gasteiger partial charge in [-0.15, -0.1) is 11.3 Å². The topological polar surface area (TPSA) is 64.7 Å². The first-order valence-electron chi connectivity index (χ1n) is 6.34. The number of hydrogen-bond donors (Lipinski definition) is 2. The second-order valence-electron chi connectivity index (χ2n) is 4.42. The number of methoxy groups -OCH3 is 2. The molecule has 0 amide bonds. The molecule has 108 valence electrons. The lowest BCUT2D eigenvalue weighted by Gasteiger charge is -2.21. The third-order valence-corrected chi connectivity index (χ3v) is 4.30. The molecule has 0 aliphatic rings. The lowest BCUT2D eigenvalue weighted by Crippen LogP contribution is -2.19. The molecule has 0 fully saturated rings. The van der Waals surface area contributed by atoms with Gasteiger partial charge in [0.15, 0.2) is 11.5 Å². The molecule has 2 aromatic rings. The minimum atomic E-state index is -0.668. The zero-order valence-electron chi connectivity index (χ0n) is 11.6. The molecule has 1 aromatic carbocycles. The second kappa shape index (κ2) is 6.74. The van der Waals surface area contributed by atoms with Crippen LogP contribution >= 0.6 is 11.3 Å². The monoisotopic (exact) mass is 293 g/mol. The van der Waals surface area contributed by atoms with E-state index in [0.29, 0.717) is 18.0 Å². The Labute approximate surface area is 122 Å². The van der Waals surface area contributed by atoms with Crippen LogP contribution in [0.15, 0.2) is 35.7 Å². The van der Waals surface area contributed by atoms with Crippen LogP contribution in [0.1, 0.15) is 22.5 Å². The van der Waals surface area contributed by atoms with Crippen LogP contribution in [-0.4, -0.2) is 25.9 Å². The molecule has 2 rings (SSSR count). The lowest BCUT2D eigenvalue weighted by molar-refractivity contribution is 0.148. The van der Waals surface area contributed by atoms with Crippen LogP contribution in [0.5, 0.6) is 11.5 Å². The SMILES string of the molecule is COc1ccc(C(O)C(CN)c2cccs2)cc1OC. The average molecular weight is 293 g/mol. The molecule has 0 radical (unpaired) electrons. The molecular formula is C15H19NO3S. The number of hydrogen-bond acceptors (Lipinski definition) is 5. The standard InChI is InChI=1S/C15H19NO3S/c1-18-12-6-5-10(8-13(12)19-2)15(17)11(9-16)14-4-3-7-20-14/h3-8,11,15,17H,9,16H2,1-2H3. The molecule has 0 spiro atoms. The van der Waals surface area contributed by atoms with Gasteiger partial charge in [0.05, 0.1) is 20.3 Å². The van der Waals surface area contributed by atoms with Crippen molar-refractivity contribution in [3.63, 3.8) is 0 Å². The number of thiophene rings is 1. The fourth-order valence-electron chi connectivity index (χ4n) is 2.17. The van der Waals surface area contributed by atoms with Crippen LogP contribution in [0.2, 0.25) is 0 Å². The molecular weight excluding hydrogens is 274 g/mol. The summed E-state index contributed by atoms with van der Waals surface area (Å²) < 4.78 is 10.5. The summed E-state index contributed by atoms with van der Waals surface area (Å²) in [5.41, 5.74) is 6.59. The quantitative estimate of drug-likeness (QED) is 0.859. The van der Waals surface area contributed by atoms with Crippen molar-refractivity contribution in [1.29, 1.82) is 0 Å². The molecule has 2 unspecified atom stereocenters. The summed E-state index contributed by atoms with van der Waals surface area (Å²) in [5.74, 6) is 1.13. The lowest BCUT2D eigenvalue weighted by atomic mass is 9.94. The molecule has 0 saturated carbocycles. The Kier molecular flexibility index (Phi) is 5.00. The molecule has 0 bridgehead atoms. The van der Waals surface area contributed by atoms with Crippen LogP contribution in [0.3, 0.4) is 0 Å².